The largest absolute Gasteiger partial charge is 0.466 e. The smallest absolute Gasteiger partial charge is 0.322 e. The van der Waals surface area contributed by atoms with Gasteiger partial charge in [-0.2, -0.15) is 8.42 Å². The van der Waals surface area contributed by atoms with Crippen molar-refractivity contribution in [3.63, 3.8) is 0 Å². The quantitative estimate of drug-likeness (QED) is 0.272. The summed E-state index contributed by atoms with van der Waals surface area (Å²) in [5, 5.41) is 0. The summed E-state index contributed by atoms with van der Waals surface area (Å²) in [6, 6.07) is 0. The first-order valence-electron chi connectivity index (χ1n) is 5.62. The number of carbonyl (C=O) groups excluding carboxylic acids is 2. The Morgan fingerprint density at radius 2 is 1.83 bits per heavy atom. The molecule has 0 saturated carbocycles. The highest BCUT2D eigenvalue weighted by atomic mass is 32.2. The summed E-state index contributed by atoms with van der Waals surface area (Å²) in [5.41, 5.74) is 0. The van der Waals surface area contributed by atoms with Crippen LogP contribution in [0.2, 0.25) is 0 Å². The fraction of sp³-hybridized carbons (Fsp3) is 0.636. The fourth-order valence-electron chi connectivity index (χ4n) is 0.968. The molecule has 0 saturated heterocycles. The van der Waals surface area contributed by atoms with Crippen LogP contribution >= 0.6 is 0 Å². The van der Waals surface area contributed by atoms with Crippen molar-refractivity contribution in [2.24, 2.45) is 0 Å². The molecule has 0 fully saturated rings. The Kier molecular flexibility index (Phi) is 8.02. The molecule has 0 aromatic heterocycles. The summed E-state index contributed by atoms with van der Waals surface area (Å²) >= 11 is 0. The molecule has 0 unspecified atom stereocenters. The average molecular weight is 278 g/mol. The number of carbonyl (C=O) groups is 2. The number of hydrogen-bond acceptors (Lipinski definition) is 6. The zero-order valence-corrected chi connectivity index (χ0v) is 11.2. The van der Waals surface area contributed by atoms with E-state index in [0.717, 1.165) is 18.9 Å². The van der Waals surface area contributed by atoms with Crippen LogP contribution in [0, 0.1) is 0 Å². The predicted molar refractivity (Wildman–Crippen MR) is 65.2 cm³/mol. The standard InChI is InChI=1S/C11H18O6S/c1-3-5-8-16-10(12)6-7-11(13)17-18(14,15)9-4-2/h4H,2-3,5-9H2,1H3. The molecule has 104 valence electrons. The minimum atomic E-state index is -3.92. The Hall–Kier alpha value is -1.37. The predicted octanol–water partition coefficient (Wildman–Crippen LogP) is 1.17. The van der Waals surface area contributed by atoms with Gasteiger partial charge in [-0.15, -0.1) is 6.58 Å². The number of esters is 1. The molecule has 0 N–H and O–H groups in total. The van der Waals surface area contributed by atoms with E-state index in [-0.39, 0.29) is 12.8 Å². The van der Waals surface area contributed by atoms with Crippen LogP contribution in [-0.4, -0.2) is 32.7 Å². The molecule has 0 atom stereocenters. The van der Waals surface area contributed by atoms with Gasteiger partial charge in [0.05, 0.1) is 19.4 Å². The van der Waals surface area contributed by atoms with Crippen molar-refractivity contribution in [1.29, 1.82) is 0 Å². The maximum absolute atomic E-state index is 11.1. The third kappa shape index (κ3) is 8.74. The molecule has 18 heavy (non-hydrogen) atoms. The van der Waals surface area contributed by atoms with Gasteiger partial charge >= 0.3 is 22.1 Å². The molecule has 0 aliphatic rings. The summed E-state index contributed by atoms with van der Waals surface area (Å²) in [6.07, 6.45) is 2.26. The molecule has 0 aromatic carbocycles. The molecule has 0 aliphatic heterocycles. The van der Waals surface area contributed by atoms with Crippen molar-refractivity contribution in [1.82, 2.24) is 0 Å². The summed E-state index contributed by atoms with van der Waals surface area (Å²) < 4.78 is 31.1. The van der Waals surface area contributed by atoms with Crippen LogP contribution in [0.4, 0.5) is 0 Å². The van der Waals surface area contributed by atoms with Gasteiger partial charge in [-0.1, -0.05) is 19.4 Å². The molecule has 0 amide bonds. The van der Waals surface area contributed by atoms with Crippen molar-refractivity contribution >= 4 is 22.1 Å². The Bertz CT molecular complexity index is 384. The van der Waals surface area contributed by atoms with Crippen LogP contribution < -0.4 is 0 Å². The second-order valence-electron chi connectivity index (χ2n) is 3.54. The van der Waals surface area contributed by atoms with E-state index in [4.69, 9.17) is 4.74 Å². The normalized spacial score (nSPS) is 10.7. The van der Waals surface area contributed by atoms with Crippen molar-refractivity contribution in [2.45, 2.75) is 32.6 Å². The summed E-state index contributed by atoms with van der Waals surface area (Å²) in [4.78, 5) is 22.2. The minimum Gasteiger partial charge on any atom is -0.466 e. The lowest BCUT2D eigenvalue weighted by Crippen LogP contribution is -2.16. The zero-order valence-electron chi connectivity index (χ0n) is 10.4. The highest BCUT2D eigenvalue weighted by Gasteiger charge is 2.16. The molecule has 0 bridgehead atoms. The Labute approximate surface area is 107 Å². The van der Waals surface area contributed by atoms with Crippen molar-refractivity contribution in [2.75, 3.05) is 12.4 Å². The fourth-order valence-corrected chi connectivity index (χ4v) is 1.69. The van der Waals surface area contributed by atoms with Crippen LogP contribution in [0.3, 0.4) is 0 Å². The monoisotopic (exact) mass is 278 g/mol. The minimum absolute atomic E-state index is 0.188. The third-order valence-corrected chi connectivity index (χ3v) is 2.92. The molecule has 0 aromatic rings. The van der Waals surface area contributed by atoms with E-state index in [1.54, 1.807) is 0 Å². The van der Waals surface area contributed by atoms with Crippen LogP contribution in [0.5, 0.6) is 0 Å². The van der Waals surface area contributed by atoms with E-state index < -0.39 is 27.8 Å². The average Bonchev–Trinajstić information content (AvgIpc) is 2.26. The highest BCUT2D eigenvalue weighted by molar-refractivity contribution is 7.87. The number of rotatable bonds is 9. The van der Waals surface area contributed by atoms with Crippen molar-refractivity contribution in [3.8, 4) is 0 Å². The molecular formula is C11H18O6S. The van der Waals surface area contributed by atoms with Crippen molar-refractivity contribution in [3.05, 3.63) is 12.7 Å². The molecule has 7 heteroatoms. The summed E-state index contributed by atoms with van der Waals surface area (Å²) in [6.45, 7) is 5.48. The van der Waals surface area contributed by atoms with Gasteiger partial charge in [0.25, 0.3) is 0 Å². The van der Waals surface area contributed by atoms with Gasteiger partial charge in [-0.25, -0.2) is 0 Å². The first kappa shape index (κ1) is 16.6. The lowest BCUT2D eigenvalue weighted by Gasteiger charge is -2.04. The Balaban J connectivity index is 3.90. The van der Waals surface area contributed by atoms with Gasteiger partial charge in [0.1, 0.15) is 5.75 Å². The molecule has 0 aliphatic carbocycles. The summed E-state index contributed by atoms with van der Waals surface area (Å²) in [5.74, 6) is -1.95. The van der Waals surface area contributed by atoms with E-state index in [1.807, 2.05) is 6.92 Å². The zero-order chi connectivity index (χ0) is 14.0. The van der Waals surface area contributed by atoms with Crippen molar-refractivity contribution < 1.29 is 26.9 Å². The van der Waals surface area contributed by atoms with Crippen LogP contribution in [-0.2, 0) is 28.6 Å². The molecule has 6 nitrogen and oxygen atoms in total. The van der Waals surface area contributed by atoms with Gasteiger partial charge in [0.2, 0.25) is 0 Å². The molecule has 0 spiro atoms. The second-order valence-corrected chi connectivity index (χ2v) is 5.16. The number of hydrogen-bond donors (Lipinski definition) is 0. The summed E-state index contributed by atoms with van der Waals surface area (Å²) in [7, 11) is -3.92. The number of ether oxygens (including phenoxy) is 1. The SMILES string of the molecule is C=CCS(=O)(=O)OC(=O)CCC(=O)OCCCC. The van der Waals surface area contributed by atoms with Crippen LogP contribution in [0.1, 0.15) is 32.6 Å². The molecule has 0 heterocycles. The van der Waals surface area contributed by atoms with E-state index in [1.165, 1.54) is 0 Å². The van der Waals surface area contributed by atoms with Gasteiger partial charge in [-0.3, -0.25) is 9.59 Å². The van der Waals surface area contributed by atoms with Gasteiger partial charge in [0, 0.05) is 0 Å². The highest BCUT2D eigenvalue weighted by Crippen LogP contribution is 2.02. The topological polar surface area (TPSA) is 86.7 Å². The molecule has 0 rings (SSSR count). The third-order valence-electron chi connectivity index (χ3n) is 1.84. The first-order valence-corrected chi connectivity index (χ1v) is 7.20. The molecular weight excluding hydrogens is 260 g/mol. The van der Waals surface area contributed by atoms with E-state index >= 15 is 0 Å². The maximum Gasteiger partial charge on any atom is 0.322 e. The van der Waals surface area contributed by atoms with Gasteiger partial charge in [0.15, 0.2) is 0 Å². The Morgan fingerprint density at radius 3 is 2.39 bits per heavy atom. The van der Waals surface area contributed by atoms with Crippen LogP contribution in [0.25, 0.3) is 0 Å². The first-order chi connectivity index (χ1) is 8.41. The van der Waals surface area contributed by atoms with Crippen LogP contribution in [0.15, 0.2) is 12.7 Å². The number of unbranched alkanes of at least 4 members (excludes halogenated alkanes) is 1. The second kappa shape index (κ2) is 8.68. The van der Waals surface area contributed by atoms with E-state index in [9.17, 15) is 18.0 Å². The van der Waals surface area contributed by atoms with Gasteiger partial charge < -0.3 is 8.92 Å². The lowest BCUT2D eigenvalue weighted by molar-refractivity contribution is -0.146. The molecule has 0 radical (unpaired) electrons. The maximum atomic E-state index is 11.1. The lowest BCUT2D eigenvalue weighted by atomic mass is 10.3. The van der Waals surface area contributed by atoms with E-state index in [2.05, 4.69) is 10.8 Å². The van der Waals surface area contributed by atoms with Gasteiger partial charge in [-0.05, 0) is 6.42 Å². The van der Waals surface area contributed by atoms with E-state index in [0.29, 0.717) is 6.61 Å². The Morgan fingerprint density at radius 1 is 1.22 bits per heavy atom.